The summed E-state index contributed by atoms with van der Waals surface area (Å²) in [6, 6.07) is 9.22. The van der Waals surface area contributed by atoms with E-state index >= 15 is 0 Å². The Kier molecular flexibility index (Phi) is 3.60. The van der Waals surface area contributed by atoms with Crippen LogP contribution < -0.4 is 10.1 Å². The summed E-state index contributed by atoms with van der Waals surface area (Å²) < 4.78 is 5.10. The van der Waals surface area contributed by atoms with E-state index in [9.17, 15) is 0 Å². The molecule has 6 heteroatoms. The standard InChI is InChI=1S/C12H9ClN4O/c1-18-10-4-2-3-9(5-10)16-12-15-7-8(6-14)11(13)17-12/h2-5,7H,1H3,(H,15,16,17). The number of nitrogens with zero attached hydrogens (tertiary/aromatic N) is 3. The van der Waals surface area contributed by atoms with Crippen LogP contribution in [0.25, 0.3) is 0 Å². The molecule has 0 saturated heterocycles. The van der Waals surface area contributed by atoms with Gasteiger partial charge in [0.1, 0.15) is 17.4 Å². The van der Waals surface area contributed by atoms with Crippen LogP contribution in [0.5, 0.6) is 5.75 Å². The van der Waals surface area contributed by atoms with Crippen LogP contribution in [0.2, 0.25) is 5.15 Å². The summed E-state index contributed by atoms with van der Waals surface area (Å²) in [4.78, 5) is 7.97. The van der Waals surface area contributed by atoms with Crippen molar-refractivity contribution in [3.05, 3.63) is 41.2 Å². The Morgan fingerprint density at radius 2 is 2.28 bits per heavy atom. The Hall–Kier alpha value is -2.32. The molecule has 0 bridgehead atoms. The lowest BCUT2D eigenvalue weighted by atomic mass is 10.3. The van der Waals surface area contributed by atoms with Crippen LogP contribution in [0.3, 0.4) is 0 Å². The number of rotatable bonds is 3. The summed E-state index contributed by atoms with van der Waals surface area (Å²) >= 11 is 5.82. The van der Waals surface area contributed by atoms with Crippen molar-refractivity contribution in [2.45, 2.75) is 0 Å². The molecule has 90 valence electrons. The number of anilines is 2. The van der Waals surface area contributed by atoms with Crippen LogP contribution in [-0.2, 0) is 0 Å². The molecule has 0 unspecified atom stereocenters. The third-order valence-corrected chi connectivity index (χ3v) is 2.48. The highest BCUT2D eigenvalue weighted by Gasteiger charge is 2.04. The zero-order valence-electron chi connectivity index (χ0n) is 9.51. The molecular weight excluding hydrogens is 252 g/mol. The van der Waals surface area contributed by atoms with Crippen molar-refractivity contribution in [1.29, 1.82) is 5.26 Å². The maximum Gasteiger partial charge on any atom is 0.228 e. The van der Waals surface area contributed by atoms with Crippen LogP contribution in [0.4, 0.5) is 11.6 Å². The summed E-state index contributed by atoms with van der Waals surface area (Å²) in [6.45, 7) is 0. The molecule has 0 spiro atoms. The Morgan fingerprint density at radius 1 is 1.44 bits per heavy atom. The first kappa shape index (κ1) is 12.1. The zero-order chi connectivity index (χ0) is 13.0. The van der Waals surface area contributed by atoms with Gasteiger partial charge in [0, 0.05) is 11.8 Å². The maximum absolute atomic E-state index is 8.72. The number of nitrogens with one attached hydrogen (secondary N) is 1. The first-order chi connectivity index (χ1) is 8.72. The summed E-state index contributed by atoms with van der Waals surface area (Å²) in [5, 5.41) is 11.8. The van der Waals surface area contributed by atoms with Gasteiger partial charge in [0.15, 0.2) is 5.15 Å². The van der Waals surface area contributed by atoms with Crippen molar-refractivity contribution in [3.8, 4) is 11.8 Å². The average Bonchev–Trinajstić information content (AvgIpc) is 2.39. The lowest BCUT2D eigenvalue weighted by Gasteiger charge is -2.06. The second-order valence-electron chi connectivity index (χ2n) is 3.37. The highest BCUT2D eigenvalue weighted by Crippen LogP contribution is 2.20. The van der Waals surface area contributed by atoms with E-state index in [1.54, 1.807) is 13.2 Å². The monoisotopic (exact) mass is 260 g/mol. The van der Waals surface area contributed by atoms with Gasteiger partial charge in [0.05, 0.1) is 13.3 Å². The molecule has 18 heavy (non-hydrogen) atoms. The third kappa shape index (κ3) is 2.67. The summed E-state index contributed by atoms with van der Waals surface area (Å²) in [7, 11) is 1.59. The molecule has 1 aromatic heterocycles. The van der Waals surface area contributed by atoms with Crippen LogP contribution in [0.1, 0.15) is 5.56 Å². The minimum atomic E-state index is 0.123. The normalized spacial score (nSPS) is 9.61. The van der Waals surface area contributed by atoms with E-state index in [-0.39, 0.29) is 10.7 Å². The van der Waals surface area contributed by atoms with E-state index in [0.717, 1.165) is 11.4 Å². The van der Waals surface area contributed by atoms with E-state index in [2.05, 4.69) is 15.3 Å². The molecule has 0 aliphatic heterocycles. The van der Waals surface area contributed by atoms with Crippen LogP contribution in [-0.4, -0.2) is 17.1 Å². The van der Waals surface area contributed by atoms with Crippen LogP contribution in [0.15, 0.2) is 30.5 Å². The van der Waals surface area contributed by atoms with Gasteiger partial charge in [-0.15, -0.1) is 0 Å². The number of methoxy groups -OCH3 is 1. The van der Waals surface area contributed by atoms with E-state index in [1.807, 2.05) is 24.3 Å². The first-order valence-electron chi connectivity index (χ1n) is 5.06. The summed E-state index contributed by atoms with van der Waals surface area (Å²) in [5.74, 6) is 1.05. The molecule has 0 saturated carbocycles. The van der Waals surface area contributed by atoms with Gasteiger partial charge in [0.2, 0.25) is 5.95 Å². The Morgan fingerprint density at radius 3 is 2.94 bits per heavy atom. The lowest BCUT2D eigenvalue weighted by Crippen LogP contribution is -1.98. The molecule has 2 aromatic rings. The average molecular weight is 261 g/mol. The highest BCUT2D eigenvalue weighted by atomic mass is 35.5. The second kappa shape index (κ2) is 5.34. The quantitative estimate of drug-likeness (QED) is 0.859. The molecule has 0 aliphatic carbocycles. The second-order valence-corrected chi connectivity index (χ2v) is 3.72. The number of hydrogen-bond donors (Lipinski definition) is 1. The Labute approximate surface area is 109 Å². The fourth-order valence-electron chi connectivity index (χ4n) is 1.33. The van der Waals surface area contributed by atoms with E-state index in [1.165, 1.54) is 6.20 Å². The molecule has 1 N–H and O–H groups in total. The number of ether oxygens (including phenoxy) is 1. The first-order valence-corrected chi connectivity index (χ1v) is 5.44. The van der Waals surface area contributed by atoms with Gasteiger partial charge in [-0.3, -0.25) is 0 Å². The predicted molar refractivity (Wildman–Crippen MR) is 68.0 cm³/mol. The molecule has 0 fully saturated rings. The molecule has 5 nitrogen and oxygen atoms in total. The van der Waals surface area contributed by atoms with Crippen LogP contribution in [0, 0.1) is 11.3 Å². The number of aromatic nitrogens is 2. The smallest absolute Gasteiger partial charge is 0.228 e. The molecule has 1 aromatic carbocycles. The van der Waals surface area contributed by atoms with Gasteiger partial charge < -0.3 is 10.1 Å². The largest absolute Gasteiger partial charge is 0.497 e. The SMILES string of the molecule is COc1cccc(Nc2ncc(C#N)c(Cl)n2)c1. The van der Waals surface area contributed by atoms with Crippen molar-refractivity contribution >= 4 is 23.2 Å². The fourth-order valence-corrected chi connectivity index (χ4v) is 1.50. The number of nitriles is 1. The van der Waals surface area contributed by atoms with Crippen molar-refractivity contribution in [3.63, 3.8) is 0 Å². The molecule has 1 heterocycles. The van der Waals surface area contributed by atoms with Gasteiger partial charge in [0.25, 0.3) is 0 Å². The zero-order valence-corrected chi connectivity index (χ0v) is 10.3. The third-order valence-electron chi connectivity index (χ3n) is 2.19. The Balaban J connectivity index is 2.23. The van der Waals surface area contributed by atoms with E-state index in [4.69, 9.17) is 21.6 Å². The Bertz CT molecular complexity index is 609. The molecule has 0 radical (unpaired) electrons. The molecule has 0 atom stereocenters. The number of halogens is 1. The van der Waals surface area contributed by atoms with Gasteiger partial charge in [-0.25, -0.2) is 4.98 Å². The van der Waals surface area contributed by atoms with Gasteiger partial charge in [-0.1, -0.05) is 17.7 Å². The van der Waals surface area contributed by atoms with Crippen molar-refractivity contribution in [1.82, 2.24) is 9.97 Å². The lowest BCUT2D eigenvalue weighted by molar-refractivity contribution is 0.415. The fraction of sp³-hybridized carbons (Fsp3) is 0.0833. The van der Waals surface area contributed by atoms with Crippen molar-refractivity contribution < 1.29 is 4.74 Å². The highest BCUT2D eigenvalue weighted by molar-refractivity contribution is 6.30. The van der Waals surface area contributed by atoms with E-state index < -0.39 is 0 Å². The molecule has 0 amide bonds. The molecular formula is C12H9ClN4O. The van der Waals surface area contributed by atoms with Gasteiger partial charge in [-0.2, -0.15) is 10.2 Å². The van der Waals surface area contributed by atoms with Crippen molar-refractivity contribution in [2.75, 3.05) is 12.4 Å². The van der Waals surface area contributed by atoms with Crippen molar-refractivity contribution in [2.24, 2.45) is 0 Å². The van der Waals surface area contributed by atoms with Gasteiger partial charge >= 0.3 is 0 Å². The maximum atomic E-state index is 8.72. The predicted octanol–water partition coefficient (Wildman–Crippen LogP) is 2.75. The number of hydrogen-bond acceptors (Lipinski definition) is 5. The van der Waals surface area contributed by atoms with Crippen LogP contribution >= 0.6 is 11.6 Å². The summed E-state index contributed by atoms with van der Waals surface area (Å²) in [5.41, 5.74) is 1.02. The van der Waals surface area contributed by atoms with Gasteiger partial charge in [-0.05, 0) is 12.1 Å². The minimum Gasteiger partial charge on any atom is -0.497 e. The molecule has 2 rings (SSSR count). The topological polar surface area (TPSA) is 70.8 Å². The summed E-state index contributed by atoms with van der Waals surface area (Å²) in [6.07, 6.45) is 1.37. The van der Waals surface area contributed by atoms with E-state index in [0.29, 0.717) is 5.95 Å². The minimum absolute atomic E-state index is 0.123. The number of benzene rings is 1. The molecule has 0 aliphatic rings.